The van der Waals surface area contributed by atoms with E-state index in [1.165, 1.54) is 11.1 Å². The van der Waals surface area contributed by atoms with Crippen LogP contribution in [0.1, 0.15) is 37.8 Å². The molecule has 28 heavy (non-hydrogen) atoms. The van der Waals surface area contributed by atoms with Gasteiger partial charge in [-0.1, -0.05) is 61.9 Å². The molecule has 4 heteroatoms. The molecule has 0 bridgehead atoms. The summed E-state index contributed by atoms with van der Waals surface area (Å²) in [5.41, 5.74) is 3.67. The lowest BCUT2D eigenvalue weighted by molar-refractivity contribution is -0.122. The molecule has 1 saturated heterocycles. The average Bonchev–Trinajstić information content (AvgIpc) is 2.69. The van der Waals surface area contributed by atoms with Gasteiger partial charge in [-0.05, 0) is 43.9 Å². The zero-order valence-corrected chi connectivity index (χ0v) is 18.1. The van der Waals surface area contributed by atoms with Crippen molar-refractivity contribution in [1.82, 2.24) is 4.90 Å². The van der Waals surface area contributed by atoms with Gasteiger partial charge in [0.1, 0.15) is 0 Å². The number of likely N-dealkylation sites (tertiary alicyclic amines) is 1. The number of carbonyl (C=O) groups is 1. The second-order valence-electron chi connectivity index (χ2n) is 8.01. The van der Waals surface area contributed by atoms with E-state index in [4.69, 9.17) is 0 Å². The number of amides is 1. The molecule has 0 N–H and O–H groups in total. The maximum Gasteiger partial charge on any atom is 0.229 e. The quantitative estimate of drug-likeness (QED) is 0.672. The van der Waals surface area contributed by atoms with Gasteiger partial charge in [-0.25, -0.2) is 0 Å². The van der Waals surface area contributed by atoms with Gasteiger partial charge in [-0.2, -0.15) is 0 Å². The van der Waals surface area contributed by atoms with E-state index in [1.807, 2.05) is 13.8 Å². The van der Waals surface area contributed by atoms with E-state index in [9.17, 15) is 4.79 Å². The molecule has 0 aliphatic carbocycles. The monoisotopic (exact) mass is 400 g/mol. The number of benzene rings is 2. The van der Waals surface area contributed by atoms with Crippen LogP contribution in [0, 0.1) is 12.8 Å². The second-order valence-corrected chi connectivity index (χ2v) is 8.01. The molecule has 0 aromatic heterocycles. The van der Waals surface area contributed by atoms with Gasteiger partial charge in [0.25, 0.3) is 0 Å². The molecule has 1 amide bonds. The highest BCUT2D eigenvalue weighted by Crippen LogP contribution is 2.26. The Morgan fingerprint density at radius 2 is 1.64 bits per heavy atom. The molecule has 1 aliphatic rings. The summed E-state index contributed by atoms with van der Waals surface area (Å²) in [7, 11) is 0. The molecular formula is C24H33ClN2O. The van der Waals surface area contributed by atoms with Gasteiger partial charge < -0.3 is 9.80 Å². The normalized spacial score (nSPS) is 15.3. The fourth-order valence-corrected chi connectivity index (χ4v) is 3.83. The number of anilines is 1. The minimum absolute atomic E-state index is 0. The van der Waals surface area contributed by atoms with E-state index in [-0.39, 0.29) is 24.2 Å². The largest absolute Gasteiger partial charge is 0.309 e. The fourth-order valence-electron chi connectivity index (χ4n) is 3.83. The Hall–Kier alpha value is -1.84. The summed E-state index contributed by atoms with van der Waals surface area (Å²) in [6, 6.07) is 19.4. The van der Waals surface area contributed by atoms with Crippen molar-refractivity contribution in [2.24, 2.45) is 5.92 Å². The highest BCUT2D eigenvalue weighted by Gasteiger charge is 2.30. The number of piperidine rings is 1. The summed E-state index contributed by atoms with van der Waals surface area (Å²) in [5.74, 6) is 0.254. The van der Waals surface area contributed by atoms with Gasteiger partial charge in [-0.3, -0.25) is 4.79 Å². The first-order valence-corrected chi connectivity index (χ1v) is 10.2. The summed E-state index contributed by atoms with van der Waals surface area (Å²) >= 11 is 0. The molecule has 3 nitrogen and oxygen atoms in total. The summed E-state index contributed by atoms with van der Waals surface area (Å²) in [6.45, 7) is 9.30. The number of carbonyl (C=O) groups excluding carboxylic acids is 1. The van der Waals surface area contributed by atoms with Crippen LogP contribution in [0.25, 0.3) is 0 Å². The first-order chi connectivity index (χ1) is 13.0. The van der Waals surface area contributed by atoms with Crippen molar-refractivity contribution in [3.63, 3.8) is 0 Å². The van der Waals surface area contributed by atoms with Crippen LogP contribution in [-0.4, -0.2) is 36.5 Å². The maximum absolute atomic E-state index is 12.9. The molecular weight excluding hydrogens is 368 g/mol. The molecule has 2 aromatic carbocycles. The van der Waals surface area contributed by atoms with Gasteiger partial charge >= 0.3 is 0 Å². The van der Waals surface area contributed by atoms with Crippen molar-refractivity contribution < 1.29 is 4.79 Å². The van der Waals surface area contributed by atoms with E-state index in [0.29, 0.717) is 6.04 Å². The van der Waals surface area contributed by atoms with Crippen molar-refractivity contribution in [2.75, 3.05) is 24.5 Å². The number of halogens is 1. The van der Waals surface area contributed by atoms with E-state index in [2.05, 4.69) is 71.3 Å². The molecule has 0 radical (unpaired) electrons. The summed E-state index contributed by atoms with van der Waals surface area (Å²) in [5, 5.41) is 0. The Morgan fingerprint density at radius 3 is 2.21 bits per heavy atom. The van der Waals surface area contributed by atoms with Crippen molar-refractivity contribution >= 4 is 24.0 Å². The van der Waals surface area contributed by atoms with Crippen LogP contribution < -0.4 is 4.90 Å². The van der Waals surface area contributed by atoms with Gasteiger partial charge in [0.05, 0.1) is 0 Å². The predicted octanol–water partition coefficient (Wildman–Crippen LogP) is 5.11. The number of nitrogens with zero attached hydrogens (tertiary/aromatic N) is 2. The molecule has 1 aliphatic heterocycles. The second kappa shape index (κ2) is 10.6. The zero-order chi connectivity index (χ0) is 19.2. The van der Waals surface area contributed by atoms with Crippen LogP contribution >= 0.6 is 12.4 Å². The van der Waals surface area contributed by atoms with Crippen molar-refractivity contribution in [3.05, 3.63) is 65.7 Å². The number of hydrogen-bond acceptors (Lipinski definition) is 2. The van der Waals surface area contributed by atoms with Crippen LogP contribution in [0.15, 0.2) is 54.6 Å². The van der Waals surface area contributed by atoms with Gasteiger partial charge in [0.2, 0.25) is 5.91 Å². The molecule has 0 spiro atoms. The number of aryl methyl sites for hydroxylation is 1. The van der Waals surface area contributed by atoms with E-state index >= 15 is 0 Å². The lowest BCUT2D eigenvalue weighted by Gasteiger charge is -2.39. The van der Waals surface area contributed by atoms with Crippen molar-refractivity contribution in [3.8, 4) is 0 Å². The van der Waals surface area contributed by atoms with E-state index in [0.717, 1.165) is 44.6 Å². The van der Waals surface area contributed by atoms with E-state index in [1.54, 1.807) is 0 Å². The van der Waals surface area contributed by atoms with Gasteiger partial charge in [0.15, 0.2) is 0 Å². The molecule has 152 valence electrons. The Bertz CT molecular complexity index is 722. The third-order valence-electron chi connectivity index (χ3n) is 5.53. The average molecular weight is 401 g/mol. The van der Waals surface area contributed by atoms with Crippen LogP contribution in [0.4, 0.5) is 5.69 Å². The molecule has 1 fully saturated rings. The molecule has 1 heterocycles. The predicted molar refractivity (Wildman–Crippen MR) is 120 cm³/mol. The summed E-state index contributed by atoms with van der Waals surface area (Å²) < 4.78 is 0. The first kappa shape index (κ1) is 22.4. The molecule has 0 saturated carbocycles. The molecule has 3 rings (SSSR count). The summed E-state index contributed by atoms with van der Waals surface area (Å²) in [4.78, 5) is 17.5. The topological polar surface area (TPSA) is 23.6 Å². The van der Waals surface area contributed by atoms with Gasteiger partial charge in [0, 0.05) is 37.3 Å². The standard InChI is InChI=1S/C24H32N2O.ClH/c1-19(2)24(27)26(22-11-9-20(3)10-12-22)23-14-17-25(18-15-23)16-13-21-7-5-4-6-8-21;/h4-12,19,23H,13-18H2,1-3H3;1H. The third kappa shape index (κ3) is 5.83. The minimum Gasteiger partial charge on any atom is -0.309 e. The number of rotatable bonds is 6. The lowest BCUT2D eigenvalue weighted by Crippen LogP contribution is -2.49. The van der Waals surface area contributed by atoms with Crippen molar-refractivity contribution in [2.45, 2.75) is 46.1 Å². The van der Waals surface area contributed by atoms with Crippen LogP contribution in [-0.2, 0) is 11.2 Å². The smallest absolute Gasteiger partial charge is 0.229 e. The van der Waals surface area contributed by atoms with Crippen LogP contribution in [0.3, 0.4) is 0 Å². The van der Waals surface area contributed by atoms with Crippen LogP contribution in [0.2, 0.25) is 0 Å². The maximum atomic E-state index is 12.9. The van der Waals surface area contributed by atoms with Crippen molar-refractivity contribution in [1.29, 1.82) is 0 Å². The highest BCUT2D eigenvalue weighted by molar-refractivity contribution is 5.95. The van der Waals surface area contributed by atoms with E-state index < -0.39 is 0 Å². The highest BCUT2D eigenvalue weighted by atomic mass is 35.5. The Balaban J connectivity index is 0.00000280. The number of hydrogen-bond donors (Lipinski definition) is 0. The van der Waals surface area contributed by atoms with Gasteiger partial charge in [-0.15, -0.1) is 12.4 Å². The molecule has 2 aromatic rings. The molecule has 0 atom stereocenters. The zero-order valence-electron chi connectivity index (χ0n) is 17.3. The first-order valence-electron chi connectivity index (χ1n) is 10.2. The SMILES string of the molecule is Cc1ccc(N(C(=O)C(C)C)C2CCN(CCc3ccccc3)CC2)cc1.Cl. The Morgan fingerprint density at radius 1 is 1.04 bits per heavy atom. The van der Waals surface area contributed by atoms with Crippen LogP contribution in [0.5, 0.6) is 0 Å². The third-order valence-corrected chi connectivity index (χ3v) is 5.53. The fraction of sp³-hybridized carbons (Fsp3) is 0.458. The Labute approximate surface area is 176 Å². The molecule has 0 unspecified atom stereocenters. The lowest BCUT2D eigenvalue weighted by atomic mass is 9.99. The Kier molecular flexibility index (Phi) is 8.53. The minimum atomic E-state index is 0. The summed E-state index contributed by atoms with van der Waals surface area (Å²) in [6.07, 6.45) is 3.18.